The molecule has 0 bridgehead atoms. The highest BCUT2D eigenvalue weighted by Gasteiger charge is 2.43. The topological polar surface area (TPSA) is 65.8 Å². The van der Waals surface area contributed by atoms with Crippen molar-refractivity contribution in [3.63, 3.8) is 0 Å². The maximum Gasteiger partial charge on any atom is 0.262 e. The fourth-order valence-electron chi connectivity index (χ4n) is 4.41. The highest BCUT2D eigenvalue weighted by atomic mass is 35.5. The van der Waals surface area contributed by atoms with E-state index in [4.69, 9.17) is 25.5 Å². The lowest BCUT2D eigenvalue weighted by atomic mass is 10.2. The van der Waals surface area contributed by atoms with Crippen molar-refractivity contribution >= 4 is 31.5 Å². The maximum atomic E-state index is 13.3. The first-order chi connectivity index (χ1) is 18.0. The Morgan fingerprint density at radius 3 is 2.37 bits per heavy atom. The second kappa shape index (κ2) is 10.1. The number of rotatable bonds is 9. The van der Waals surface area contributed by atoms with Crippen molar-refractivity contribution in [2.24, 2.45) is 5.92 Å². The monoisotopic (exact) mass is 553 g/mol. The van der Waals surface area contributed by atoms with E-state index in [9.17, 15) is 4.79 Å². The minimum absolute atomic E-state index is 0.0772. The SMILES string of the molecule is COc1cc(N2Cc3nn(-c4ccc(Cl)cc4)cc3C2=O)ccc1OC[C@H](O[Si](C)(C)C(C)(C)C)C1CC1. The molecule has 0 spiro atoms. The number of hydrogen-bond donors (Lipinski definition) is 0. The fourth-order valence-corrected chi connectivity index (χ4v) is 5.91. The summed E-state index contributed by atoms with van der Waals surface area (Å²) in [5.41, 5.74) is 2.92. The van der Waals surface area contributed by atoms with Crippen LogP contribution in [0.4, 0.5) is 5.69 Å². The van der Waals surface area contributed by atoms with Crippen LogP contribution in [-0.2, 0) is 11.0 Å². The zero-order chi connectivity index (χ0) is 27.2. The van der Waals surface area contributed by atoms with Crippen LogP contribution < -0.4 is 14.4 Å². The zero-order valence-corrected chi connectivity index (χ0v) is 24.7. The number of halogens is 1. The van der Waals surface area contributed by atoms with Gasteiger partial charge in [-0.25, -0.2) is 4.68 Å². The lowest BCUT2D eigenvalue weighted by Gasteiger charge is -2.39. The van der Waals surface area contributed by atoms with E-state index in [1.54, 1.807) is 35.0 Å². The number of anilines is 1. The predicted octanol–water partition coefficient (Wildman–Crippen LogP) is 6.87. The van der Waals surface area contributed by atoms with Crippen molar-refractivity contribution in [3.05, 3.63) is 64.9 Å². The molecule has 2 aliphatic rings. The molecule has 5 rings (SSSR count). The number of nitrogens with zero attached hydrogens (tertiary/aromatic N) is 3. The summed E-state index contributed by atoms with van der Waals surface area (Å²) in [7, 11) is -0.288. The van der Waals surface area contributed by atoms with Gasteiger partial charge in [0.05, 0.1) is 36.7 Å². The van der Waals surface area contributed by atoms with Crippen molar-refractivity contribution in [1.82, 2.24) is 9.78 Å². The number of methoxy groups -OCH3 is 1. The van der Waals surface area contributed by atoms with E-state index in [0.29, 0.717) is 41.2 Å². The van der Waals surface area contributed by atoms with Gasteiger partial charge < -0.3 is 18.8 Å². The van der Waals surface area contributed by atoms with E-state index in [0.717, 1.165) is 17.1 Å². The lowest BCUT2D eigenvalue weighted by molar-refractivity contribution is 0.0959. The van der Waals surface area contributed by atoms with Gasteiger partial charge in [0.25, 0.3) is 5.91 Å². The fraction of sp³-hybridized carbons (Fsp3) is 0.448. The molecule has 1 aliphatic heterocycles. The molecule has 3 aromatic rings. The summed E-state index contributed by atoms with van der Waals surface area (Å²) in [6.07, 6.45) is 4.22. The minimum atomic E-state index is -1.91. The second-order valence-corrected chi connectivity index (χ2v) is 16.9. The van der Waals surface area contributed by atoms with Crippen LogP contribution in [0.5, 0.6) is 11.5 Å². The van der Waals surface area contributed by atoms with Crippen LogP contribution in [0.2, 0.25) is 23.2 Å². The Hall–Kier alpha value is -2.81. The molecule has 0 unspecified atom stereocenters. The summed E-state index contributed by atoms with van der Waals surface area (Å²) < 4.78 is 20.4. The summed E-state index contributed by atoms with van der Waals surface area (Å²) in [6.45, 7) is 12.2. The van der Waals surface area contributed by atoms with Gasteiger partial charge in [0.1, 0.15) is 6.61 Å². The molecule has 1 saturated carbocycles. The molecule has 1 atom stereocenters. The third-order valence-electron chi connectivity index (χ3n) is 7.93. The van der Waals surface area contributed by atoms with Crippen LogP contribution in [0.25, 0.3) is 5.69 Å². The van der Waals surface area contributed by atoms with E-state index in [1.807, 2.05) is 30.3 Å². The van der Waals surface area contributed by atoms with E-state index < -0.39 is 8.32 Å². The number of carbonyl (C=O) groups excluding carboxylic acids is 1. The molecule has 202 valence electrons. The Kier molecular flexibility index (Phi) is 7.09. The highest BCUT2D eigenvalue weighted by Crippen LogP contribution is 2.43. The van der Waals surface area contributed by atoms with E-state index in [2.05, 4.69) is 39.0 Å². The lowest BCUT2D eigenvalue weighted by Crippen LogP contribution is -2.46. The van der Waals surface area contributed by atoms with Crippen LogP contribution in [0.3, 0.4) is 0 Å². The van der Waals surface area contributed by atoms with Gasteiger partial charge in [-0.05, 0) is 73.3 Å². The Morgan fingerprint density at radius 1 is 1.08 bits per heavy atom. The first kappa shape index (κ1) is 26.8. The van der Waals surface area contributed by atoms with Gasteiger partial charge in [0.2, 0.25) is 0 Å². The summed E-state index contributed by atoms with van der Waals surface area (Å²) in [5.74, 6) is 1.70. The molecule has 2 aromatic carbocycles. The Balaban J connectivity index is 1.28. The maximum absolute atomic E-state index is 13.3. The third-order valence-corrected chi connectivity index (χ3v) is 12.7. The molecule has 7 nitrogen and oxygen atoms in total. The smallest absolute Gasteiger partial charge is 0.262 e. The van der Waals surface area contributed by atoms with Gasteiger partial charge >= 0.3 is 0 Å². The molecule has 1 amide bonds. The molecular weight excluding hydrogens is 518 g/mol. The number of benzene rings is 2. The molecule has 9 heteroatoms. The number of amides is 1. The van der Waals surface area contributed by atoms with Crippen molar-refractivity contribution < 1.29 is 18.7 Å². The Labute approximate surface area is 230 Å². The summed E-state index contributed by atoms with van der Waals surface area (Å²) >= 11 is 6.00. The number of carbonyl (C=O) groups is 1. The standard InChI is InChI=1S/C29H36ClN3O4Si/c1-29(2,3)38(5,6)37-27(19-7-8-19)18-36-25-14-13-22(15-26(25)35-4)32-17-24-23(28(32)34)16-33(31-24)21-11-9-20(30)10-12-21/h9-16,19,27H,7-8,17-18H2,1-6H3/t27-/m0/s1. The predicted molar refractivity (Wildman–Crippen MR) is 152 cm³/mol. The Bertz CT molecular complexity index is 1330. The molecule has 1 aromatic heterocycles. The van der Waals surface area contributed by atoms with E-state index >= 15 is 0 Å². The van der Waals surface area contributed by atoms with Crippen molar-refractivity contribution in [3.8, 4) is 17.2 Å². The summed E-state index contributed by atoms with van der Waals surface area (Å²) in [5, 5.41) is 5.44. The average Bonchev–Trinajstić information content (AvgIpc) is 3.56. The van der Waals surface area contributed by atoms with Crippen LogP contribution in [0.15, 0.2) is 48.7 Å². The van der Waals surface area contributed by atoms with Crippen molar-refractivity contribution in [2.75, 3.05) is 18.6 Å². The molecule has 1 aliphatic carbocycles. The van der Waals surface area contributed by atoms with Gasteiger partial charge in [-0.1, -0.05) is 32.4 Å². The van der Waals surface area contributed by atoms with Gasteiger partial charge in [-0.2, -0.15) is 5.10 Å². The second-order valence-electron chi connectivity index (χ2n) is 11.7. The third kappa shape index (κ3) is 5.35. The number of hydrogen-bond acceptors (Lipinski definition) is 5. The minimum Gasteiger partial charge on any atom is -0.493 e. The molecule has 38 heavy (non-hydrogen) atoms. The summed E-state index contributed by atoms with van der Waals surface area (Å²) in [6, 6.07) is 13.0. The van der Waals surface area contributed by atoms with Gasteiger partial charge in [0, 0.05) is 23.0 Å². The Morgan fingerprint density at radius 2 is 1.76 bits per heavy atom. The first-order valence-electron chi connectivity index (χ1n) is 13.1. The van der Waals surface area contributed by atoms with Crippen LogP contribution in [0, 0.1) is 5.92 Å². The zero-order valence-electron chi connectivity index (χ0n) is 23.0. The van der Waals surface area contributed by atoms with Gasteiger partial charge in [0.15, 0.2) is 19.8 Å². The molecule has 0 N–H and O–H groups in total. The van der Waals surface area contributed by atoms with Gasteiger partial charge in [-0.3, -0.25) is 4.79 Å². The largest absolute Gasteiger partial charge is 0.493 e. The summed E-state index contributed by atoms with van der Waals surface area (Å²) in [4.78, 5) is 15.0. The van der Waals surface area contributed by atoms with E-state index in [1.165, 1.54) is 12.8 Å². The van der Waals surface area contributed by atoms with Crippen LogP contribution >= 0.6 is 11.6 Å². The average molecular weight is 554 g/mol. The highest BCUT2D eigenvalue weighted by molar-refractivity contribution is 6.74. The normalized spacial score (nSPS) is 16.5. The number of ether oxygens (including phenoxy) is 2. The first-order valence-corrected chi connectivity index (χ1v) is 16.4. The molecule has 0 saturated heterocycles. The van der Waals surface area contributed by atoms with Crippen LogP contribution in [0.1, 0.15) is 49.7 Å². The van der Waals surface area contributed by atoms with E-state index in [-0.39, 0.29) is 17.0 Å². The molecule has 2 heterocycles. The number of aromatic nitrogens is 2. The molecule has 0 radical (unpaired) electrons. The van der Waals surface area contributed by atoms with Crippen molar-refractivity contribution in [1.29, 1.82) is 0 Å². The molecular formula is C29H36ClN3O4Si. The molecule has 1 fully saturated rings. The quantitative estimate of drug-likeness (QED) is 0.270. The van der Waals surface area contributed by atoms with Gasteiger partial charge in [-0.15, -0.1) is 0 Å². The van der Waals surface area contributed by atoms with Crippen molar-refractivity contribution in [2.45, 2.75) is 64.4 Å². The van der Waals surface area contributed by atoms with Crippen LogP contribution in [-0.4, -0.2) is 43.8 Å². The number of fused-ring (bicyclic) bond motifs is 1.